The topological polar surface area (TPSA) is 0 Å². The van der Waals surface area contributed by atoms with E-state index in [0.717, 1.165) is 29.6 Å². The number of hydrogen-bond donors (Lipinski definition) is 0. The van der Waals surface area contributed by atoms with Crippen molar-refractivity contribution >= 4 is 0 Å². The van der Waals surface area contributed by atoms with Crippen LogP contribution in [0, 0.1) is 29.6 Å². The zero-order chi connectivity index (χ0) is 13.5. The molecule has 108 valence electrons. The van der Waals surface area contributed by atoms with E-state index in [0.29, 0.717) is 0 Å². The predicted octanol–water partition coefficient (Wildman–Crippen LogP) is 6.30. The lowest BCUT2D eigenvalue weighted by atomic mass is 9.75. The van der Waals surface area contributed by atoms with Crippen LogP contribution in [0.15, 0.2) is 0 Å². The zero-order valence-corrected chi connectivity index (χ0v) is 13.5. The molecule has 0 N–H and O–H groups in total. The summed E-state index contributed by atoms with van der Waals surface area (Å²) in [5.41, 5.74) is 0. The highest BCUT2D eigenvalue weighted by Gasteiger charge is 2.27. The normalized spacial score (nSPS) is 21.0. The second-order valence-electron chi connectivity index (χ2n) is 7.20. The maximum atomic E-state index is 2.52. The molecule has 0 spiro atoms. The Hall–Kier alpha value is 0. The van der Waals surface area contributed by atoms with Crippen molar-refractivity contribution < 1.29 is 0 Å². The Balaban J connectivity index is 2.39. The first-order chi connectivity index (χ1) is 8.58. The van der Waals surface area contributed by atoms with E-state index in [-0.39, 0.29) is 0 Å². The smallest absolute Gasteiger partial charge is 0.0363 e. The fourth-order valence-electron chi connectivity index (χ4n) is 3.56. The van der Waals surface area contributed by atoms with Gasteiger partial charge in [0.05, 0.1) is 0 Å². The van der Waals surface area contributed by atoms with Crippen molar-refractivity contribution in [3.05, 3.63) is 0 Å². The molecular weight excluding hydrogens is 216 g/mol. The zero-order valence-electron chi connectivity index (χ0n) is 13.5. The number of rotatable bonds is 10. The van der Waals surface area contributed by atoms with Gasteiger partial charge in [0.2, 0.25) is 0 Å². The molecule has 0 aromatic heterocycles. The molecule has 0 radical (unpaired) electrons. The summed E-state index contributed by atoms with van der Waals surface area (Å²) in [5.74, 6) is 4.85. The third-order valence-corrected chi connectivity index (χ3v) is 5.19. The minimum atomic E-state index is 0.866. The van der Waals surface area contributed by atoms with Crippen molar-refractivity contribution in [1.82, 2.24) is 0 Å². The highest BCUT2D eigenvalue weighted by atomic mass is 14.3. The van der Waals surface area contributed by atoms with Crippen LogP contribution in [-0.4, -0.2) is 0 Å². The Kier molecular flexibility index (Phi) is 7.34. The summed E-state index contributed by atoms with van der Waals surface area (Å²) in [5, 5.41) is 0. The third-order valence-electron chi connectivity index (χ3n) is 5.19. The van der Waals surface area contributed by atoms with Gasteiger partial charge in [-0.15, -0.1) is 0 Å². The standard InChI is InChI=1S/C18H36/c1-6-8-16(7-2)13-18(14(3)4)15(5)9-10-17-11-12-17/h14-18H,6-13H2,1-5H3. The van der Waals surface area contributed by atoms with E-state index in [4.69, 9.17) is 0 Å². The largest absolute Gasteiger partial charge is 0.0654 e. The van der Waals surface area contributed by atoms with Crippen molar-refractivity contribution in [2.24, 2.45) is 29.6 Å². The minimum Gasteiger partial charge on any atom is -0.0654 e. The molecule has 0 heteroatoms. The van der Waals surface area contributed by atoms with Gasteiger partial charge >= 0.3 is 0 Å². The molecule has 0 nitrogen and oxygen atoms in total. The van der Waals surface area contributed by atoms with Crippen LogP contribution in [-0.2, 0) is 0 Å². The van der Waals surface area contributed by atoms with Crippen molar-refractivity contribution in [3.8, 4) is 0 Å². The predicted molar refractivity (Wildman–Crippen MR) is 82.8 cm³/mol. The minimum absolute atomic E-state index is 0.866. The molecule has 0 saturated heterocycles. The third kappa shape index (κ3) is 5.76. The number of hydrogen-bond acceptors (Lipinski definition) is 0. The molecule has 0 aromatic rings. The molecule has 3 atom stereocenters. The van der Waals surface area contributed by atoms with Crippen LogP contribution in [0.5, 0.6) is 0 Å². The molecule has 1 fully saturated rings. The fraction of sp³-hybridized carbons (Fsp3) is 1.00. The van der Waals surface area contributed by atoms with Gasteiger partial charge in [-0.05, 0) is 36.0 Å². The Morgan fingerprint density at radius 3 is 2.11 bits per heavy atom. The van der Waals surface area contributed by atoms with E-state index in [9.17, 15) is 0 Å². The Labute approximate surface area is 116 Å². The highest BCUT2D eigenvalue weighted by molar-refractivity contribution is 4.78. The molecule has 1 saturated carbocycles. The Morgan fingerprint density at radius 1 is 1.00 bits per heavy atom. The monoisotopic (exact) mass is 252 g/mol. The SMILES string of the molecule is CCCC(CC)CC(C(C)C)C(C)CCC1CC1. The van der Waals surface area contributed by atoms with Gasteiger partial charge in [0.1, 0.15) is 0 Å². The Bertz CT molecular complexity index is 202. The van der Waals surface area contributed by atoms with Crippen molar-refractivity contribution in [1.29, 1.82) is 0 Å². The maximum Gasteiger partial charge on any atom is -0.0363 e. The first kappa shape index (κ1) is 16.1. The molecule has 1 rings (SSSR count). The summed E-state index contributed by atoms with van der Waals surface area (Å²) >= 11 is 0. The summed E-state index contributed by atoms with van der Waals surface area (Å²) in [6, 6.07) is 0. The van der Waals surface area contributed by atoms with E-state index in [1.165, 1.54) is 51.4 Å². The van der Waals surface area contributed by atoms with E-state index in [1.54, 1.807) is 0 Å². The van der Waals surface area contributed by atoms with Crippen LogP contribution in [0.25, 0.3) is 0 Å². The van der Waals surface area contributed by atoms with Crippen LogP contribution < -0.4 is 0 Å². The van der Waals surface area contributed by atoms with Crippen LogP contribution in [0.3, 0.4) is 0 Å². The molecule has 0 amide bonds. The van der Waals surface area contributed by atoms with Gasteiger partial charge in [0.25, 0.3) is 0 Å². The molecule has 0 aromatic carbocycles. The van der Waals surface area contributed by atoms with Crippen molar-refractivity contribution in [3.63, 3.8) is 0 Å². The highest BCUT2D eigenvalue weighted by Crippen LogP contribution is 2.38. The average molecular weight is 252 g/mol. The summed E-state index contributed by atoms with van der Waals surface area (Å²) in [6.45, 7) is 12.1. The molecule has 18 heavy (non-hydrogen) atoms. The lowest BCUT2D eigenvalue weighted by Gasteiger charge is -2.31. The summed E-state index contributed by atoms with van der Waals surface area (Å²) in [4.78, 5) is 0. The first-order valence-corrected chi connectivity index (χ1v) is 8.58. The van der Waals surface area contributed by atoms with E-state index in [1.807, 2.05) is 0 Å². The second kappa shape index (κ2) is 8.23. The lowest BCUT2D eigenvalue weighted by Crippen LogP contribution is -2.21. The van der Waals surface area contributed by atoms with Crippen LogP contribution >= 0.6 is 0 Å². The fourth-order valence-corrected chi connectivity index (χ4v) is 3.56. The molecule has 0 heterocycles. The van der Waals surface area contributed by atoms with Crippen LogP contribution in [0.1, 0.15) is 86.0 Å². The van der Waals surface area contributed by atoms with E-state index in [2.05, 4.69) is 34.6 Å². The molecule has 0 aliphatic heterocycles. The molecule has 0 bridgehead atoms. The molecule has 1 aliphatic carbocycles. The average Bonchev–Trinajstić information content (AvgIpc) is 3.14. The van der Waals surface area contributed by atoms with Gasteiger partial charge in [-0.1, -0.05) is 79.6 Å². The molecule has 1 aliphatic rings. The lowest BCUT2D eigenvalue weighted by molar-refractivity contribution is 0.194. The van der Waals surface area contributed by atoms with Crippen LogP contribution in [0.2, 0.25) is 0 Å². The maximum absolute atomic E-state index is 2.52. The van der Waals surface area contributed by atoms with Gasteiger partial charge in [0.15, 0.2) is 0 Å². The Morgan fingerprint density at radius 2 is 1.67 bits per heavy atom. The van der Waals surface area contributed by atoms with Crippen molar-refractivity contribution in [2.45, 2.75) is 86.0 Å². The van der Waals surface area contributed by atoms with E-state index >= 15 is 0 Å². The van der Waals surface area contributed by atoms with Gasteiger partial charge in [-0.3, -0.25) is 0 Å². The first-order valence-electron chi connectivity index (χ1n) is 8.58. The van der Waals surface area contributed by atoms with E-state index < -0.39 is 0 Å². The van der Waals surface area contributed by atoms with Gasteiger partial charge < -0.3 is 0 Å². The quantitative estimate of drug-likeness (QED) is 0.428. The summed E-state index contributed by atoms with van der Waals surface area (Å²) < 4.78 is 0. The van der Waals surface area contributed by atoms with Gasteiger partial charge in [0, 0.05) is 0 Å². The second-order valence-corrected chi connectivity index (χ2v) is 7.20. The molecular formula is C18H36. The van der Waals surface area contributed by atoms with Gasteiger partial charge in [-0.2, -0.15) is 0 Å². The van der Waals surface area contributed by atoms with Crippen molar-refractivity contribution in [2.75, 3.05) is 0 Å². The summed E-state index contributed by atoms with van der Waals surface area (Å²) in [7, 11) is 0. The van der Waals surface area contributed by atoms with Crippen LogP contribution in [0.4, 0.5) is 0 Å². The molecule has 3 unspecified atom stereocenters. The van der Waals surface area contributed by atoms with Gasteiger partial charge in [-0.25, -0.2) is 0 Å². The summed E-state index contributed by atoms with van der Waals surface area (Å²) in [6.07, 6.45) is 11.7.